The predicted octanol–water partition coefficient (Wildman–Crippen LogP) is 4.62. The third-order valence-electron chi connectivity index (χ3n) is 5.67. The number of hydrogen-bond acceptors (Lipinski definition) is 7. The highest BCUT2D eigenvalue weighted by Gasteiger charge is 2.20. The summed E-state index contributed by atoms with van der Waals surface area (Å²) in [6, 6.07) is 20.1. The van der Waals surface area contributed by atoms with E-state index in [1.54, 1.807) is 43.5 Å². The Hall–Kier alpha value is -4.72. The average Bonchev–Trinajstić information content (AvgIpc) is 2.93. The maximum Gasteiger partial charge on any atom is 0.346 e. The van der Waals surface area contributed by atoms with Crippen molar-refractivity contribution in [1.29, 1.82) is 0 Å². The number of methoxy groups -OCH3 is 2. The Labute approximate surface area is 214 Å². The fraction of sp³-hybridized carbons (Fsp3) is 0.172. The second kappa shape index (κ2) is 11.3. The van der Waals surface area contributed by atoms with Crippen LogP contribution in [0.25, 0.3) is 22.3 Å². The van der Waals surface area contributed by atoms with Crippen LogP contribution in [0.4, 0.5) is 0 Å². The molecule has 1 heterocycles. The Morgan fingerprint density at radius 1 is 1.11 bits per heavy atom. The zero-order valence-corrected chi connectivity index (χ0v) is 20.9. The van der Waals surface area contributed by atoms with E-state index in [0.717, 1.165) is 11.1 Å². The molecule has 8 heteroatoms. The van der Waals surface area contributed by atoms with Crippen molar-refractivity contribution in [3.8, 4) is 22.9 Å². The molecule has 0 aliphatic rings. The maximum absolute atomic E-state index is 13.4. The van der Waals surface area contributed by atoms with Crippen LogP contribution in [0, 0.1) is 0 Å². The van der Waals surface area contributed by atoms with E-state index in [-0.39, 0.29) is 5.56 Å². The largest absolute Gasteiger partial charge is 0.493 e. The third kappa shape index (κ3) is 5.43. The number of hydrogen-bond donors (Lipinski definition) is 0. The summed E-state index contributed by atoms with van der Waals surface area (Å²) in [5.41, 5.74) is 2.46. The van der Waals surface area contributed by atoms with Gasteiger partial charge in [-0.3, -0.25) is 4.79 Å². The molecule has 4 aromatic rings. The van der Waals surface area contributed by atoms with Gasteiger partial charge in [0, 0.05) is 11.1 Å². The molecule has 0 spiro atoms. The van der Waals surface area contributed by atoms with Crippen molar-refractivity contribution in [2.75, 3.05) is 14.2 Å². The molecule has 0 saturated heterocycles. The Bertz CT molecular complexity index is 1530. The first-order valence-corrected chi connectivity index (χ1v) is 11.6. The lowest BCUT2D eigenvalue weighted by Gasteiger charge is -2.18. The molecule has 4 rings (SSSR count). The number of carbonyl (C=O) groups is 1. The summed E-state index contributed by atoms with van der Waals surface area (Å²) in [6.07, 6.45) is 2.90. The van der Waals surface area contributed by atoms with E-state index >= 15 is 0 Å². The minimum absolute atomic E-state index is 0.286. The molecule has 3 aromatic carbocycles. The van der Waals surface area contributed by atoms with Crippen LogP contribution in [0.5, 0.6) is 11.5 Å². The third-order valence-corrected chi connectivity index (χ3v) is 5.67. The standard InChI is InChI=1S/C29H27N3O5/c1-5-11-22-16-20(17-25(35-3)26(22)37-19(2)29(34)36-4)18-30-32-27(21-12-7-6-8-13-21)31-24-15-10-9-14-23(24)28(32)33/h5-10,12-19H,1,11H2,2-4H3/t19-/m0/s1. The SMILES string of the molecule is C=CCc1cc(C=Nn2c(-c3ccccc3)nc3ccccc3c2=O)cc(OC)c1O[C@@H](C)C(=O)OC. The molecule has 0 saturated carbocycles. The Morgan fingerprint density at radius 2 is 1.84 bits per heavy atom. The fourth-order valence-corrected chi connectivity index (χ4v) is 3.87. The summed E-state index contributed by atoms with van der Waals surface area (Å²) in [6.45, 7) is 5.42. The van der Waals surface area contributed by atoms with Gasteiger partial charge in [-0.15, -0.1) is 6.58 Å². The van der Waals surface area contributed by atoms with Crippen molar-refractivity contribution >= 4 is 23.1 Å². The minimum atomic E-state index is -0.835. The van der Waals surface area contributed by atoms with Gasteiger partial charge in [-0.05, 0) is 43.2 Å². The van der Waals surface area contributed by atoms with E-state index in [4.69, 9.17) is 19.2 Å². The van der Waals surface area contributed by atoms with Crippen LogP contribution in [0.3, 0.4) is 0 Å². The summed E-state index contributed by atoms with van der Waals surface area (Å²) >= 11 is 0. The van der Waals surface area contributed by atoms with Crippen molar-refractivity contribution < 1.29 is 19.0 Å². The summed E-state index contributed by atoms with van der Waals surface area (Å²) < 4.78 is 17.5. The number of esters is 1. The number of carbonyl (C=O) groups excluding carboxylic acids is 1. The van der Waals surface area contributed by atoms with Crippen LogP contribution in [-0.4, -0.2) is 42.2 Å². The van der Waals surface area contributed by atoms with Gasteiger partial charge in [0.25, 0.3) is 5.56 Å². The van der Waals surface area contributed by atoms with Gasteiger partial charge in [0.15, 0.2) is 23.4 Å². The van der Waals surface area contributed by atoms with Gasteiger partial charge in [0.2, 0.25) is 0 Å². The zero-order chi connectivity index (χ0) is 26.4. The highest BCUT2D eigenvalue weighted by atomic mass is 16.6. The molecule has 1 aromatic heterocycles. The number of fused-ring (bicyclic) bond motifs is 1. The van der Waals surface area contributed by atoms with Gasteiger partial charge in [0.1, 0.15) is 0 Å². The van der Waals surface area contributed by atoms with E-state index in [1.807, 2.05) is 42.5 Å². The molecule has 0 N–H and O–H groups in total. The molecule has 0 bridgehead atoms. The van der Waals surface area contributed by atoms with Crippen molar-refractivity contribution in [3.05, 3.63) is 101 Å². The first kappa shape index (κ1) is 25.4. The van der Waals surface area contributed by atoms with Gasteiger partial charge >= 0.3 is 5.97 Å². The maximum atomic E-state index is 13.4. The lowest BCUT2D eigenvalue weighted by molar-refractivity contribution is -0.147. The number of benzene rings is 3. The Morgan fingerprint density at radius 3 is 2.54 bits per heavy atom. The topological polar surface area (TPSA) is 92.0 Å². The second-order valence-electron chi connectivity index (χ2n) is 8.17. The van der Waals surface area contributed by atoms with E-state index in [1.165, 1.54) is 18.9 Å². The quantitative estimate of drug-likeness (QED) is 0.190. The summed E-state index contributed by atoms with van der Waals surface area (Å²) in [4.78, 5) is 30.0. The summed E-state index contributed by atoms with van der Waals surface area (Å²) in [7, 11) is 2.81. The first-order chi connectivity index (χ1) is 18.0. The van der Waals surface area contributed by atoms with Crippen LogP contribution < -0.4 is 15.0 Å². The lowest BCUT2D eigenvalue weighted by atomic mass is 10.1. The van der Waals surface area contributed by atoms with Crippen LogP contribution in [0.15, 0.2) is 89.3 Å². The fourth-order valence-electron chi connectivity index (χ4n) is 3.87. The van der Waals surface area contributed by atoms with E-state index in [0.29, 0.717) is 40.2 Å². The van der Waals surface area contributed by atoms with E-state index in [2.05, 4.69) is 11.7 Å². The molecule has 0 amide bonds. The van der Waals surface area contributed by atoms with Crippen LogP contribution in [-0.2, 0) is 16.0 Å². The molecule has 0 radical (unpaired) electrons. The van der Waals surface area contributed by atoms with Crippen LogP contribution in [0.2, 0.25) is 0 Å². The summed E-state index contributed by atoms with van der Waals surface area (Å²) in [5, 5.41) is 4.99. The number of rotatable bonds is 9. The van der Waals surface area contributed by atoms with Crippen LogP contribution >= 0.6 is 0 Å². The molecule has 1 atom stereocenters. The molecule has 37 heavy (non-hydrogen) atoms. The molecular formula is C29H27N3O5. The molecule has 0 fully saturated rings. The monoisotopic (exact) mass is 497 g/mol. The molecule has 0 unspecified atom stereocenters. The normalized spacial score (nSPS) is 11.9. The van der Waals surface area contributed by atoms with Gasteiger partial charge in [0.05, 0.1) is 31.3 Å². The minimum Gasteiger partial charge on any atom is -0.493 e. The predicted molar refractivity (Wildman–Crippen MR) is 143 cm³/mol. The van der Waals surface area contributed by atoms with Crippen molar-refractivity contribution in [1.82, 2.24) is 9.66 Å². The van der Waals surface area contributed by atoms with Crippen LogP contribution in [0.1, 0.15) is 18.1 Å². The highest BCUT2D eigenvalue weighted by molar-refractivity contribution is 5.83. The molecule has 0 aliphatic carbocycles. The average molecular weight is 498 g/mol. The van der Waals surface area contributed by atoms with Gasteiger partial charge < -0.3 is 14.2 Å². The molecular weight excluding hydrogens is 470 g/mol. The van der Waals surface area contributed by atoms with E-state index in [9.17, 15) is 9.59 Å². The van der Waals surface area contributed by atoms with Gasteiger partial charge in [-0.25, -0.2) is 9.78 Å². The van der Waals surface area contributed by atoms with Crippen molar-refractivity contribution in [2.45, 2.75) is 19.4 Å². The zero-order valence-electron chi connectivity index (χ0n) is 20.9. The number of nitrogens with zero attached hydrogens (tertiary/aromatic N) is 3. The van der Waals surface area contributed by atoms with Gasteiger partial charge in [-0.1, -0.05) is 48.5 Å². The lowest BCUT2D eigenvalue weighted by Crippen LogP contribution is -2.25. The number of ether oxygens (including phenoxy) is 3. The Balaban J connectivity index is 1.83. The smallest absolute Gasteiger partial charge is 0.346 e. The second-order valence-corrected chi connectivity index (χ2v) is 8.17. The Kier molecular flexibility index (Phi) is 7.78. The van der Waals surface area contributed by atoms with E-state index < -0.39 is 12.1 Å². The molecule has 188 valence electrons. The van der Waals surface area contributed by atoms with Gasteiger partial charge in [-0.2, -0.15) is 9.78 Å². The number of aromatic nitrogens is 2. The first-order valence-electron chi connectivity index (χ1n) is 11.6. The van der Waals surface area contributed by atoms with Crippen molar-refractivity contribution in [3.63, 3.8) is 0 Å². The summed E-state index contributed by atoms with van der Waals surface area (Å²) in [5.74, 6) is 0.732. The molecule has 0 aliphatic heterocycles. The van der Waals surface area contributed by atoms with Crippen molar-refractivity contribution in [2.24, 2.45) is 5.10 Å². The number of para-hydroxylation sites is 1. The molecule has 8 nitrogen and oxygen atoms in total. The number of allylic oxidation sites excluding steroid dienone is 1. The highest BCUT2D eigenvalue weighted by Crippen LogP contribution is 2.34.